The average Bonchev–Trinajstić information content (AvgIpc) is 2.70. The summed E-state index contributed by atoms with van der Waals surface area (Å²) in [6.45, 7) is 0.489. The monoisotopic (exact) mass is 360 g/mol. The van der Waals surface area contributed by atoms with Crippen molar-refractivity contribution in [1.29, 1.82) is 5.26 Å². The number of anilines is 2. The molecular formula is C21H17FN4O. The molecular weight excluding hydrogens is 343 g/mol. The Hall–Kier alpha value is -3.72. The van der Waals surface area contributed by atoms with Crippen molar-refractivity contribution in [3.05, 3.63) is 89.4 Å². The fourth-order valence-electron chi connectivity index (χ4n) is 2.56. The molecule has 0 atom stereocenters. The van der Waals surface area contributed by atoms with Crippen molar-refractivity contribution in [3.8, 4) is 6.07 Å². The summed E-state index contributed by atoms with van der Waals surface area (Å²) in [5.74, 6) is -0.00519. The molecule has 27 heavy (non-hydrogen) atoms. The van der Waals surface area contributed by atoms with Crippen LogP contribution in [0.1, 0.15) is 21.5 Å². The number of nitrogens with zero attached hydrogens (tertiary/aromatic N) is 2. The van der Waals surface area contributed by atoms with Gasteiger partial charge in [0.25, 0.3) is 5.91 Å². The predicted octanol–water partition coefficient (Wildman–Crippen LogP) is 4.00. The molecule has 0 unspecified atom stereocenters. The highest BCUT2D eigenvalue weighted by Crippen LogP contribution is 2.14. The van der Waals surface area contributed by atoms with Gasteiger partial charge in [-0.3, -0.25) is 4.79 Å². The average molecular weight is 360 g/mol. The lowest BCUT2D eigenvalue weighted by Gasteiger charge is -2.09. The molecule has 1 aromatic heterocycles. The maximum Gasteiger partial charge on any atom is 0.255 e. The first-order chi connectivity index (χ1) is 13.2. The number of pyridine rings is 1. The number of carbonyl (C=O) groups excluding carboxylic acids is 1. The minimum atomic E-state index is -0.301. The van der Waals surface area contributed by atoms with E-state index in [1.54, 1.807) is 54.6 Å². The zero-order chi connectivity index (χ0) is 19.1. The number of hydrogen-bond donors (Lipinski definition) is 2. The van der Waals surface area contributed by atoms with Crippen LogP contribution in [0.15, 0.2) is 66.9 Å². The number of nitriles is 1. The van der Waals surface area contributed by atoms with Gasteiger partial charge in [0.05, 0.1) is 11.6 Å². The molecule has 5 nitrogen and oxygen atoms in total. The molecule has 0 aliphatic heterocycles. The molecule has 1 amide bonds. The van der Waals surface area contributed by atoms with Gasteiger partial charge in [0.1, 0.15) is 11.6 Å². The van der Waals surface area contributed by atoms with Crippen LogP contribution in [0, 0.1) is 17.1 Å². The molecule has 6 heteroatoms. The van der Waals surface area contributed by atoms with Crippen molar-refractivity contribution in [2.45, 2.75) is 6.42 Å². The van der Waals surface area contributed by atoms with Gasteiger partial charge in [-0.25, -0.2) is 9.37 Å². The van der Waals surface area contributed by atoms with Crippen molar-refractivity contribution < 1.29 is 9.18 Å². The van der Waals surface area contributed by atoms with Crippen molar-refractivity contribution in [2.75, 3.05) is 17.2 Å². The number of rotatable bonds is 6. The number of aromatic nitrogens is 1. The molecule has 0 saturated carbocycles. The Labute approximate surface area is 156 Å². The molecule has 0 radical (unpaired) electrons. The number of nitrogens with one attached hydrogen (secondary N) is 2. The zero-order valence-corrected chi connectivity index (χ0v) is 14.4. The minimum Gasteiger partial charge on any atom is -0.370 e. The minimum absolute atomic E-state index is 0.236. The lowest BCUT2D eigenvalue weighted by molar-refractivity contribution is 0.102. The van der Waals surface area contributed by atoms with E-state index in [9.17, 15) is 9.18 Å². The molecule has 2 aromatic carbocycles. The van der Waals surface area contributed by atoms with Crippen molar-refractivity contribution in [2.24, 2.45) is 0 Å². The summed E-state index contributed by atoms with van der Waals surface area (Å²) < 4.78 is 13.6. The third-order valence-electron chi connectivity index (χ3n) is 3.93. The molecule has 0 spiro atoms. The van der Waals surface area contributed by atoms with Gasteiger partial charge in [0.2, 0.25) is 0 Å². The van der Waals surface area contributed by atoms with Crippen LogP contribution in [0.25, 0.3) is 0 Å². The van der Waals surface area contributed by atoms with Crippen LogP contribution in [0.5, 0.6) is 0 Å². The molecule has 1 heterocycles. The normalized spacial score (nSPS) is 10.1. The maximum absolute atomic E-state index is 13.6. The highest BCUT2D eigenvalue weighted by molar-refractivity contribution is 6.04. The van der Waals surface area contributed by atoms with Crippen LogP contribution in [-0.2, 0) is 6.42 Å². The van der Waals surface area contributed by atoms with Gasteiger partial charge < -0.3 is 10.6 Å². The molecule has 3 aromatic rings. The van der Waals surface area contributed by atoms with E-state index in [1.165, 1.54) is 12.3 Å². The van der Waals surface area contributed by atoms with Crippen LogP contribution in [0.4, 0.5) is 15.9 Å². The van der Waals surface area contributed by atoms with E-state index in [4.69, 9.17) is 5.26 Å². The van der Waals surface area contributed by atoms with Crippen LogP contribution >= 0.6 is 0 Å². The molecule has 2 N–H and O–H groups in total. The van der Waals surface area contributed by atoms with E-state index in [1.807, 2.05) is 6.07 Å². The van der Waals surface area contributed by atoms with Crippen LogP contribution in [-0.4, -0.2) is 17.4 Å². The Balaban J connectivity index is 1.62. The zero-order valence-electron chi connectivity index (χ0n) is 14.4. The van der Waals surface area contributed by atoms with Crippen molar-refractivity contribution in [3.63, 3.8) is 0 Å². The second kappa shape index (κ2) is 8.59. The van der Waals surface area contributed by atoms with Gasteiger partial charge in [-0.2, -0.15) is 5.26 Å². The summed E-state index contributed by atoms with van der Waals surface area (Å²) in [6.07, 6.45) is 2.04. The highest BCUT2D eigenvalue weighted by atomic mass is 19.1. The molecule has 0 bridgehead atoms. The Kier molecular flexibility index (Phi) is 5.75. The van der Waals surface area contributed by atoms with Crippen molar-refractivity contribution >= 4 is 17.4 Å². The highest BCUT2D eigenvalue weighted by Gasteiger charge is 2.08. The first-order valence-corrected chi connectivity index (χ1v) is 8.40. The molecule has 0 saturated heterocycles. The summed E-state index contributed by atoms with van der Waals surface area (Å²) in [5.41, 5.74) is 2.07. The van der Waals surface area contributed by atoms with Gasteiger partial charge in [-0.15, -0.1) is 0 Å². The van der Waals surface area contributed by atoms with Gasteiger partial charge in [-0.1, -0.05) is 24.3 Å². The SMILES string of the molecule is N#Cc1cccc(NC(=O)c2ccnc(NCCc3ccccc3F)c2)c1. The Morgan fingerprint density at radius 3 is 2.78 bits per heavy atom. The number of benzene rings is 2. The topological polar surface area (TPSA) is 77.8 Å². The summed E-state index contributed by atoms with van der Waals surface area (Å²) in [5, 5.41) is 14.8. The second-order valence-electron chi connectivity index (χ2n) is 5.84. The Morgan fingerprint density at radius 2 is 1.96 bits per heavy atom. The van der Waals surface area contributed by atoms with Gasteiger partial charge in [0.15, 0.2) is 0 Å². The standard InChI is InChI=1S/C21H17FN4O/c22-19-7-2-1-5-16(19)8-10-24-20-13-17(9-11-25-20)21(27)26-18-6-3-4-15(12-18)14-23/h1-7,9,11-13H,8,10H2,(H,24,25)(H,26,27). The Bertz CT molecular complexity index is 997. The van der Waals surface area contributed by atoms with Gasteiger partial charge >= 0.3 is 0 Å². The van der Waals surface area contributed by atoms with E-state index in [0.29, 0.717) is 41.2 Å². The van der Waals surface area contributed by atoms with Gasteiger partial charge in [-0.05, 0) is 48.4 Å². The largest absolute Gasteiger partial charge is 0.370 e. The quantitative estimate of drug-likeness (QED) is 0.696. The molecule has 0 aliphatic carbocycles. The van der Waals surface area contributed by atoms with E-state index in [0.717, 1.165) is 0 Å². The summed E-state index contributed by atoms with van der Waals surface area (Å²) >= 11 is 0. The van der Waals surface area contributed by atoms with E-state index >= 15 is 0 Å². The number of halogens is 1. The van der Waals surface area contributed by atoms with Gasteiger partial charge in [0, 0.05) is 24.0 Å². The predicted molar refractivity (Wildman–Crippen MR) is 102 cm³/mol. The molecule has 134 valence electrons. The third kappa shape index (κ3) is 4.89. The lowest BCUT2D eigenvalue weighted by Crippen LogP contribution is -2.13. The van der Waals surface area contributed by atoms with Crippen molar-refractivity contribution in [1.82, 2.24) is 4.98 Å². The number of amides is 1. The summed E-state index contributed by atoms with van der Waals surface area (Å²) in [7, 11) is 0. The molecule has 0 fully saturated rings. The molecule has 0 aliphatic rings. The van der Waals surface area contributed by atoms with Crippen LogP contribution < -0.4 is 10.6 Å². The fourth-order valence-corrected chi connectivity index (χ4v) is 2.56. The third-order valence-corrected chi connectivity index (χ3v) is 3.93. The van der Waals surface area contributed by atoms with Crippen LogP contribution in [0.3, 0.4) is 0 Å². The van der Waals surface area contributed by atoms with Crippen LogP contribution in [0.2, 0.25) is 0 Å². The van der Waals surface area contributed by atoms with E-state index in [-0.39, 0.29) is 11.7 Å². The van der Waals surface area contributed by atoms with E-state index in [2.05, 4.69) is 15.6 Å². The summed E-state index contributed by atoms with van der Waals surface area (Å²) in [6, 6.07) is 18.6. The smallest absolute Gasteiger partial charge is 0.255 e. The number of carbonyl (C=O) groups is 1. The van der Waals surface area contributed by atoms with E-state index < -0.39 is 0 Å². The Morgan fingerprint density at radius 1 is 1.11 bits per heavy atom. The molecule has 3 rings (SSSR count). The summed E-state index contributed by atoms with van der Waals surface area (Å²) in [4.78, 5) is 16.6. The fraction of sp³-hybridized carbons (Fsp3) is 0.0952. The first-order valence-electron chi connectivity index (χ1n) is 8.40. The number of hydrogen-bond acceptors (Lipinski definition) is 4. The first kappa shape index (κ1) is 18.1. The lowest BCUT2D eigenvalue weighted by atomic mass is 10.1. The maximum atomic E-state index is 13.6. The second-order valence-corrected chi connectivity index (χ2v) is 5.84.